The van der Waals surface area contributed by atoms with Gasteiger partial charge in [0.25, 0.3) is 5.56 Å². The van der Waals surface area contributed by atoms with E-state index in [9.17, 15) is 22.8 Å². The van der Waals surface area contributed by atoms with Gasteiger partial charge in [0.2, 0.25) is 0 Å². The molecule has 11 heteroatoms. The van der Waals surface area contributed by atoms with Crippen LogP contribution in [0.5, 0.6) is 0 Å². The molecule has 4 rings (SSSR count). The van der Waals surface area contributed by atoms with Gasteiger partial charge in [0.15, 0.2) is 0 Å². The van der Waals surface area contributed by atoms with Crippen LogP contribution in [0.25, 0.3) is 22.6 Å². The summed E-state index contributed by atoms with van der Waals surface area (Å²) in [5, 5.41) is 13.4. The fourth-order valence-electron chi connectivity index (χ4n) is 3.65. The van der Waals surface area contributed by atoms with E-state index in [1.54, 1.807) is 38.1 Å². The minimum absolute atomic E-state index is 0.0407. The van der Waals surface area contributed by atoms with Gasteiger partial charge in [-0.3, -0.25) is 13.9 Å². The molecule has 0 radical (unpaired) electrons. The van der Waals surface area contributed by atoms with E-state index in [1.807, 2.05) is 6.07 Å². The Bertz CT molecular complexity index is 1580. The zero-order chi connectivity index (χ0) is 25.5. The Hall–Kier alpha value is -3.91. The largest absolute Gasteiger partial charge is 0.416 e. The lowest BCUT2D eigenvalue weighted by molar-refractivity contribution is -0.137. The number of halogens is 4. The van der Waals surface area contributed by atoms with E-state index in [4.69, 9.17) is 5.26 Å². The summed E-state index contributed by atoms with van der Waals surface area (Å²) < 4.78 is 43.9. The Kier molecular flexibility index (Phi) is 6.25. The molecule has 0 saturated heterocycles. The summed E-state index contributed by atoms with van der Waals surface area (Å²) in [6, 6.07) is 12.2. The van der Waals surface area contributed by atoms with Crippen molar-refractivity contribution in [3.8, 4) is 28.7 Å². The van der Waals surface area contributed by atoms with Gasteiger partial charge >= 0.3 is 11.9 Å². The van der Waals surface area contributed by atoms with Crippen LogP contribution in [0.4, 0.5) is 13.2 Å². The van der Waals surface area contributed by atoms with E-state index >= 15 is 0 Å². The Labute approximate surface area is 205 Å². The lowest BCUT2D eigenvalue weighted by Crippen LogP contribution is -2.41. The van der Waals surface area contributed by atoms with Crippen LogP contribution >= 0.6 is 15.9 Å². The Balaban J connectivity index is 2.02. The number of nitrogens with zero attached hydrogens (tertiary/aromatic N) is 5. The van der Waals surface area contributed by atoms with E-state index in [0.717, 1.165) is 21.3 Å². The molecular weight excluding hydrogens is 527 g/mol. The van der Waals surface area contributed by atoms with Crippen molar-refractivity contribution in [2.75, 3.05) is 0 Å². The number of aromatic nitrogens is 4. The highest BCUT2D eigenvalue weighted by atomic mass is 79.9. The van der Waals surface area contributed by atoms with Crippen LogP contribution in [0.1, 0.15) is 31.0 Å². The van der Waals surface area contributed by atoms with Crippen molar-refractivity contribution in [3.63, 3.8) is 0 Å². The predicted octanol–water partition coefficient (Wildman–Crippen LogP) is 5.09. The van der Waals surface area contributed by atoms with Gasteiger partial charge in [-0.1, -0.05) is 6.07 Å². The first-order chi connectivity index (χ1) is 16.5. The summed E-state index contributed by atoms with van der Waals surface area (Å²) >= 11 is 3.39. The van der Waals surface area contributed by atoms with E-state index in [2.05, 4.69) is 21.0 Å². The molecule has 0 N–H and O–H groups in total. The van der Waals surface area contributed by atoms with Gasteiger partial charge in [-0.2, -0.15) is 23.5 Å². The second kappa shape index (κ2) is 9.03. The van der Waals surface area contributed by atoms with Gasteiger partial charge in [0, 0.05) is 12.2 Å². The molecule has 178 valence electrons. The molecular formula is C24H17BrF3N5O2. The quantitative estimate of drug-likeness (QED) is 0.359. The minimum atomic E-state index is -4.60. The Morgan fingerprint density at radius 2 is 1.74 bits per heavy atom. The molecule has 0 atom stereocenters. The molecule has 0 aliphatic carbocycles. The third-order valence-corrected chi connectivity index (χ3v) is 5.89. The predicted molar refractivity (Wildman–Crippen MR) is 127 cm³/mol. The molecule has 7 nitrogen and oxygen atoms in total. The third-order valence-electron chi connectivity index (χ3n) is 5.31. The van der Waals surface area contributed by atoms with Crippen LogP contribution in [0, 0.1) is 11.3 Å². The van der Waals surface area contributed by atoms with Crippen LogP contribution in [0.15, 0.2) is 75.0 Å². The second-order valence-corrected chi connectivity index (χ2v) is 8.78. The maximum absolute atomic E-state index is 13.4. The molecule has 2 aromatic heterocycles. The average Bonchev–Trinajstić information content (AvgIpc) is 3.19. The number of hydrogen-bond acceptors (Lipinski definition) is 4. The zero-order valence-electron chi connectivity index (χ0n) is 18.4. The lowest BCUT2D eigenvalue weighted by Gasteiger charge is -2.17. The van der Waals surface area contributed by atoms with Crippen LogP contribution in [-0.2, 0) is 6.18 Å². The summed E-state index contributed by atoms with van der Waals surface area (Å²) in [5.41, 5.74) is -1.04. The SMILES string of the molecule is CC(C)n1c(=O)c(-c2c(Br)cnn2-c2ccc(C#N)cc2)cn(-c2cccc(C(F)(F)F)c2)c1=O. The summed E-state index contributed by atoms with van der Waals surface area (Å²) in [4.78, 5) is 26.6. The summed E-state index contributed by atoms with van der Waals surface area (Å²) in [7, 11) is 0. The first kappa shape index (κ1) is 24.2. The molecule has 0 aliphatic rings. The maximum atomic E-state index is 13.4. The normalized spacial score (nSPS) is 11.6. The maximum Gasteiger partial charge on any atom is 0.416 e. The molecule has 0 spiro atoms. The molecule has 2 aromatic carbocycles. The fourth-order valence-corrected chi connectivity index (χ4v) is 4.12. The molecule has 2 heterocycles. The van der Waals surface area contributed by atoms with Crippen molar-refractivity contribution in [1.82, 2.24) is 18.9 Å². The Morgan fingerprint density at radius 3 is 2.34 bits per heavy atom. The van der Waals surface area contributed by atoms with Gasteiger partial charge in [0.1, 0.15) is 0 Å². The van der Waals surface area contributed by atoms with E-state index in [0.29, 0.717) is 21.4 Å². The van der Waals surface area contributed by atoms with Gasteiger partial charge < -0.3 is 0 Å². The van der Waals surface area contributed by atoms with E-state index in [-0.39, 0.29) is 11.3 Å². The molecule has 35 heavy (non-hydrogen) atoms. The van der Waals surface area contributed by atoms with Gasteiger partial charge in [-0.25, -0.2) is 9.48 Å². The zero-order valence-corrected chi connectivity index (χ0v) is 20.0. The Morgan fingerprint density at radius 1 is 1.06 bits per heavy atom. The molecule has 0 unspecified atom stereocenters. The second-order valence-electron chi connectivity index (χ2n) is 7.92. The summed E-state index contributed by atoms with van der Waals surface area (Å²) in [6.45, 7) is 3.27. The molecule has 0 saturated carbocycles. The fraction of sp³-hybridized carbons (Fsp3) is 0.167. The lowest BCUT2D eigenvalue weighted by atomic mass is 10.1. The van der Waals surface area contributed by atoms with Crippen molar-refractivity contribution in [2.45, 2.75) is 26.1 Å². The van der Waals surface area contributed by atoms with Gasteiger partial charge in [0.05, 0.1) is 50.5 Å². The minimum Gasteiger partial charge on any atom is -0.268 e. The number of benzene rings is 2. The summed E-state index contributed by atoms with van der Waals surface area (Å²) in [6.07, 6.45) is -1.92. The van der Waals surface area contributed by atoms with Gasteiger partial charge in [-0.15, -0.1) is 0 Å². The van der Waals surface area contributed by atoms with Crippen LogP contribution in [-0.4, -0.2) is 18.9 Å². The van der Waals surface area contributed by atoms with Crippen molar-refractivity contribution < 1.29 is 13.2 Å². The highest BCUT2D eigenvalue weighted by Gasteiger charge is 2.31. The number of rotatable bonds is 4. The monoisotopic (exact) mass is 543 g/mol. The number of nitriles is 1. The first-order valence-electron chi connectivity index (χ1n) is 10.3. The smallest absolute Gasteiger partial charge is 0.268 e. The standard InChI is InChI=1S/C24H17BrF3N5O2/c1-14(2)32-22(34)19(13-31(23(32)35)18-5-3-4-16(10-18)24(26,27)28)21-20(25)12-30-33(21)17-8-6-15(11-29)7-9-17/h3-10,12-14H,1-2H3. The van der Waals surface area contributed by atoms with E-state index in [1.165, 1.54) is 29.2 Å². The third kappa shape index (κ3) is 4.44. The first-order valence-corrected chi connectivity index (χ1v) is 11.1. The molecule has 0 aliphatic heterocycles. The van der Waals surface area contributed by atoms with E-state index < -0.39 is 29.0 Å². The molecule has 4 aromatic rings. The van der Waals surface area contributed by atoms with Crippen LogP contribution < -0.4 is 11.2 Å². The molecule has 0 bridgehead atoms. The van der Waals surface area contributed by atoms with Crippen molar-refractivity contribution >= 4 is 15.9 Å². The molecule has 0 fully saturated rings. The van der Waals surface area contributed by atoms with Crippen molar-refractivity contribution in [3.05, 3.63) is 97.4 Å². The van der Waals surface area contributed by atoms with Crippen molar-refractivity contribution in [1.29, 1.82) is 5.26 Å². The van der Waals surface area contributed by atoms with Crippen LogP contribution in [0.2, 0.25) is 0 Å². The molecule has 0 amide bonds. The topological polar surface area (TPSA) is 85.6 Å². The van der Waals surface area contributed by atoms with Crippen LogP contribution in [0.3, 0.4) is 0 Å². The van der Waals surface area contributed by atoms with Crippen molar-refractivity contribution in [2.24, 2.45) is 0 Å². The van der Waals surface area contributed by atoms with Gasteiger partial charge in [-0.05, 0) is 72.2 Å². The number of hydrogen-bond donors (Lipinski definition) is 0. The summed E-state index contributed by atoms with van der Waals surface area (Å²) in [5.74, 6) is 0. The highest BCUT2D eigenvalue weighted by molar-refractivity contribution is 9.10. The highest BCUT2D eigenvalue weighted by Crippen LogP contribution is 2.31. The number of alkyl halides is 3. The average molecular weight is 544 g/mol.